The number of nitrogens with zero attached hydrogens (tertiary/aromatic N) is 2. The molecule has 0 radical (unpaired) electrons. The van der Waals surface area contributed by atoms with Crippen LogP contribution in [0.25, 0.3) is 10.8 Å². The molecule has 0 unspecified atom stereocenters. The third kappa shape index (κ3) is 3.90. The van der Waals surface area contributed by atoms with E-state index in [0.29, 0.717) is 49.0 Å². The zero-order valence-electron chi connectivity index (χ0n) is 17.5. The molecule has 168 valence electrons. The fourth-order valence-corrected chi connectivity index (χ4v) is 7.27. The smallest absolute Gasteiger partial charge is 0.260 e. The first-order valence-corrected chi connectivity index (χ1v) is 12.9. The summed E-state index contributed by atoms with van der Waals surface area (Å²) in [5.74, 6) is 0.538. The van der Waals surface area contributed by atoms with Crippen molar-refractivity contribution in [2.45, 2.75) is 22.8 Å². The number of sulfonamides is 1. The maximum absolute atomic E-state index is 13.1. The number of carbonyl (C=O) groups excluding carboxylic acids is 1. The maximum Gasteiger partial charge on any atom is 0.260 e. The van der Waals surface area contributed by atoms with Crippen molar-refractivity contribution in [2.75, 3.05) is 32.8 Å². The Morgan fingerprint density at radius 2 is 1.81 bits per heavy atom. The molecule has 7 nitrogen and oxygen atoms in total. The number of amides is 1. The zero-order valence-corrected chi connectivity index (χ0v) is 19.1. The van der Waals surface area contributed by atoms with E-state index in [0.717, 1.165) is 10.8 Å². The van der Waals surface area contributed by atoms with Crippen LogP contribution in [0.1, 0.15) is 12.8 Å². The molecule has 2 aliphatic rings. The average Bonchev–Trinajstić information content (AvgIpc) is 3.49. The largest absolute Gasteiger partial charge is 0.484 e. The van der Waals surface area contributed by atoms with Crippen LogP contribution in [0.15, 0.2) is 64.2 Å². The van der Waals surface area contributed by atoms with Gasteiger partial charge in [-0.2, -0.15) is 4.31 Å². The molecule has 3 heterocycles. The molecule has 5 rings (SSSR count). The Hall–Kier alpha value is -2.46. The minimum absolute atomic E-state index is 0.0522. The number of carbonyl (C=O) groups is 1. The number of hydrogen-bond donors (Lipinski definition) is 0. The van der Waals surface area contributed by atoms with Gasteiger partial charge in [0.2, 0.25) is 0 Å². The molecule has 0 aliphatic carbocycles. The van der Waals surface area contributed by atoms with Crippen LogP contribution >= 0.6 is 11.3 Å². The van der Waals surface area contributed by atoms with Crippen molar-refractivity contribution in [1.29, 1.82) is 0 Å². The number of rotatable bonds is 5. The van der Waals surface area contributed by atoms with Gasteiger partial charge in [0.15, 0.2) is 6.61 Å². The Morgan fingerprint density at radius 1 is 1.03 bits per heavy atom. The lowest BCUT2D eigenvalue weighted by atomic mass is 10.0. The van der Waals surface area contributed by atoms with Crippen molar-refractivity contribution in [2.24, 2.45) is 0 Å². The van der Waals surface area contributed by atoms with Gasteiger partial charge in [0, 0.05) is 32.5 Å². The van der Waals surface area contributed by atoms with Gasteiger partial charge in [-0.15, -0.1) is 11.3 Å². The molecule has 2 fully saturated rings. The molecule has 3 aromatic rings. The number of benzene rings is 2. The summed E-state index contributed by atoms with van der Waals surface area (Å²) in [5, 5.41) is 3.93. The lowest BCUT2D eigenvalue weighted by Crippen LogP contribution is -2.56. The summed E-state index contributed by atoms with van der Waals surface area (Å²) >= 11 is 1.21. The Bertz CT molecular complexity index is 1220. The van der Waals surface area contributed by atoms with E-state index in [4.69, 9.17) is 9.47 Å². The Labute approximate surface area is 191 Å². The Kier molecular flexibility index (Phi) is 5.66. The van der Waals surface area contributed by atoms with Crippen LogP contribution in [0.2, 0.25) is 0 Å². The van der Waals surface area contributed by atoms with Crippen LogP contribution in [0.3, 0.4) is 0 Å². The first-order valence-electron chi connectivity index (χ1n) is 10.6. The van der Waals surface area contributed by atoms with Gasteiger partial charge in [-0.1, -0.05) is 36.4 Å². The van der Waals surface area contributed by atoms with E-state index < -0.39 is 15.7 Å². The average molecular weight is 473 g/mol. The van der Waals surface area contributed by atoms with Gasteiger partial charge in [0.25, 0.3) is 15.9 Å². The molecule has 0 bridgehead atoms. The molecule has 32 heavy (non-hydrogen) atoms. The van der Waals surface area contributed by atoms with Gasteiger partial charge in [-0.05, 0) is 34.4 Å². The first-order chi connectivity index (χ1) is 15.5. The molecule has 2 saturated heterocycles. The number of thiophene rings is 1. The van der Waals surface area contributed by atoms with Crippen molar-refractivity contribution in [3.63, 3.8) is 0 Å². The monoisotopic (exact) mass is 472 g/mol. The molecule has 2 aliphatic heterocycles. The minimum atomic E-state index is -3.61. The van der Waals surface area contributed by atoms with Crippen LogP contribution < -0.4 is 4.74 Å². The summed E-state index contributed by atoms with van der Waals surface area (Å²) in [7, 11) is -3.61. The van der Waals surface area contributed by atoms with Crippen LogP contribution in [0.4, 0.5) is 0 Å². The minimum Gasteiger partial charge on any atom is -0.484 e. The van der Waals surface area contributed by atoms with E-state index in [-0.39, 0.29) is 12.5 Å². The summed E-state index contributed by atoms with van der Waals surface area (Å²) in [6.07, 6.45) is 0.888. The van der Waals surface area contributed by atoms with Crippen LogP contribution in [0.5, 0.6) is 5.75 Å². The van der Waals surface area contributed by atoms with Crippen molar-refractivity contribution in [1.82, 2.24) is 9.21 Å². The highest BCUT2D eigenvalue weighted by Crippen LogP contribution is 2.39. The summed E-state index contributed by atoms with van der Waals surface area (Å²) in [6.45, 7) is 1.50. The van der Waals surface area contributed by atoms with E-state index in [2.05, 4.69) is 0 Å². The fraction of sp³-hybridized carbons (Fsp3) is 0.348. The second-order valence-corrected chi connectivity index (χ2v) is 11.0. The van der Waals surface area contributed by atoms with Gasteiger partial charge in [0.05, 0.1) is 6.61 Å². The van der Waals surface area contributed by atoms with E-state index in [1.54, 1.807) is 22.4 Å². The highest BCUT2D eigenvalue weighted by atomic mass is 32.2. The predicted molar refractivity (Wildman–Crippen MR) is 122 cm³/mol. The second kappa shape index (κ2) is 8.47. The Morgan fingerprint density at radius 3 is 2.56 bits per heavy atom. The van der Waals surface area contributed by atoms with Crippen molar-refractivity contribution < 1.29 is 22.7 Å². The van der Waals surface area contributed by atoms with E-state index in [1.165, 1.54) is 15.6 Å². The summed E-state index contributed by atoms with van der Waals surface area (Å²) < 4.78 is 39.7. The molecular formula is C23H24N2O5S2. The standard InChI is InChI=1S/C23H24N2O5S2/c26-21(17-29-20-8-7-18-4-1-2-5-19(18)16-20)24-11-9-23(10-12-24)25(13-14-30-23)32(27,28)22-6-3-15-31-22/h1-8,15-16H,9-14,17H2. The number of ether oxygens (including phenoxy) is 2. The van der Waals surface area contributed by atoms with E-state index >= 15 is 0 Å². The molecule has 0 atom stereocenters. The first kappa shape index (κ1) is 21.4. The second-order valence-electron chi connectivity index (χ2n) is 7.98. The van der Waals surface area contributed by atoms with E-state index in [9.17, 15) is 13.2 Å². The summed E-state index contributed by atoms with van der Waals surface area (Å²) in [6, 6.07) is 17.1. The van der Waals surface area contributed by atoms with Crippen LogP contribution in [-0.2, 0) is 19.6 Å². The molecule has 0 N–H and O–H groups in total. The lowest BCUT2D eigenvalue weighted by Gasteiger charge is -2.42. The number of likely N-dealkylation sites (tertiary alicyclic amines) is 1. The normalized spacial score (nSPS) is 18.9. The quantitative estimate of drug-likeness (QED) is 0.569. The highest BCUT2D eigenvalue weighted by molar-refractivity contribution is 7.91. The highest BCUT2D eigenvalue weighted by Gasteiger charge is 2.51. The number of piperidine rings is 1. The molecular weight excluding hydrogens is 448 g/mol. The van der Waals surface area contributed by atoms with Crippen molar-refractivity contribution >= 4 is 38.0 Å². The fourth-order valence-electron chi connectivity index (χ4n) is 4.45. The number of hydrogen-bond acceptors (Lipinski definition) is 6. The Balaban J connectivity index is 1.21. The van der Waals surface area contributed by atoms with Gasteiger partial charge in [-0.3, -0.25) is 4.79 Å². The molecule has 1 aromatic heterocycles. The predicted octanol–water partition coefficient (Wildman–Crippen LogP) is 3.32. The van der Waals surface area contributed by atoms with Crippen molar-refractivity contribution in [3.05, 3.63) is 60.0 Å². The molecule has 1 amide bonds. The molecule has 1 spiro atoms. The van der Waals surface area contributed by atoms with Crippen LogP contribution in [-0.4, -0.2) is 62.1 Å². The molecule has 0 saturated carbocycles. The molecule has 9 heteroatoms. The van der Waals surface area contributed by atoms with Gasteiger partial charge < -0.3 is 14.4 Å². The summed E-state index contributed by atoms with van der Waals surface area (Å²) in [4.78, 5) is 14.5. The SMILES string of the molecule is O=C(COc1ccc2ccccc2c1)N1CCC2(CC1)OCCN2S(=O)(=O)c1cccs1. The van der Waals surface area contributed by atoms with Gasteiger partial charge >= 0.3 is 0 Å². The number of fused-ring (bicyclic) bond motifs is 1. The maximum atomic E-state index is 13.1. The third-order valence-electron chi connectivity index (χ3n) is 6.14. The van der Waals surface area contributed by atoms with E-state index in [1.807, 2.05) is 42.5 Å². The molecule has 2 aromatic carbocycles. The summed E-state index contributed by atoms with van der Waals surface area (Å²) in [5.41, 5.74) is -0.876. The van der Waals surface area contributed by atoms with Gasteiger partial charge in [0.1, 0.15) is 15.7 Å². The van der Waals surface area contributed by atoms with Crippen molar-refractivity contribution in [3.8, 4) is 5.75 Å². The lowest BCUT2D eigenvalue weighted by molar-refractivity contribution is -0.142. The zero-order chi connectivity index (χ0) is 22.2. The van der Waals surface area contributed by atoms with Gasteiger partial charge in [-0.25, -0.2) is 8.42 Å². The third-order valence-corrected chi connectivity index (χ3v) is 9.46. The van der Waals surface area contributed by atoms with Crippen LogP contribution in [0, 0.1) is 0 Å². The topological polar surface area (TPSA) is 76.2 Å².